The topological polar surface area (TPSA) is 144 Å². The molecule has 0 unspecified atom stereocenters. The number of amides is 2. The standard InChI is InChI=1S/C30H37N5O6S/c1-16-13-26(35-34-16)33-30(38)23(11-12-42-6)32-22-10-8-19-20(15-24(22)37)21(31-17(2)36)9-7-18-14-25(39-3)28(40-4)29(41-5)27(18)19/h8,10,13-15,21,23H,7,9,11-12H2,1-6H3,(H,31,36)(H,32,37)(H2,33,34,35,38)/t21-,23+/m0/s1. The molecule has 1 aromatic heterocycles. The Morgan fingerprint density at radius 1 is 1.12 bits per heavy atom. The number of benzene rings is 1. The van der Waals surface area contributed by atoms with Crippen LogP contribution >= 0.6 is 11.8 Å². The number of H-pyrrole nitrogens is 1. The maximum absolute atomic E-state index is 13.7. The smallest absolute Gasteiger partial charge is 0.248 e. The summed E-state index contributed by atoms with van der Waals surface area (Å²) in [6, 6.07) is 7.55. The lowest BCUT2D eigenvalue weighted by Crippen LogP contribution is -2.36. The van der Waals surface area contributed by atoms with Gasteiger partial charge in [0.15, 0.2) is 17.3 Å². The zero-order valence-electron chi connectivity index (χ0n) is 24.7. The summed E-state index contributed by atoms with van der Waals surface area (Å²) in [5.41, 5.74) is 3.79. The van der Waals surface area contributed by atoms with Crippen molar-refractivity contribution in [3.63, 3.8) is 0 Å². The zero-order chi connectivity index (χ0) is 30.4. The molecule has 4 N–H and O–H groups in total. The number of aromatic amines is 1. The van der Waals surface area contributed by atoms with E-state index in [1.54, 1.807) is 38.1 Å². The van der Waals surface area contributed by atoms with Crippen LogP contribution in [0.2, 0.25) is 0 Å². The van der Waals surface area contributed by atoms with Crippen LogP contribution in [-0.2, 0) is 16.0 Å². The monoisotopic (exact) mass is 595 g/mol. The zero-order valence-corrected chi connectivity index (χ0v) is 25.5. The molecular formula is C30H37N5O6S. The van der Waals surface area contributed by atoms with Gasteiger partial charge in [0.25, 0.3) is 0 Å². The summed E-state index contributed by atoms with van der Waals surface area (Å²) in [5, 5.41) is 15.9. The van der Waals surface area contributed by atoms with Crippen molar-refractivity contribution in [3.8, 4) is 28.4 Å². The Labute approximate surface area is 249 Å². The van der Waals surface area contributed by atoms with Crippen LogP contribution in [0.5, 0.6) is 17.2 Å². The van der Waals surface area contributed by atoms with Gasteiger partial charge in [-0.25, -0.2) is 0 Å². The summed E-state index contributed by atoms with van der Waals surface area (Å²) < 4.78 is 17.1. The molecule has 12 heteroatoms. The highest BCUT2D eigenvalue weighted by atomic mass is 32.2. The van der Waals surface area contributed by atoms with Gasteiger partial charge in [0.1, 0.15) is 6.04 Å². The minimum Gasteiger partial charge on any atom is -0.493 e. The van der Waals surface area contributed by atoms with Crippen LogP contribution in [0.15, 0.2) is 35.1 Å². The maximum atomic E-state index is 13.7. The van der Waals surface area contributed by atoms with Crippen molar-refractivity contribution < 1.29 is 23.8 Å². The maximum Gasteiger partial charge on any atom is 0.248 e. The predicted octanol–water partition coefficient (Wildman–Crippen LogP) is 4.07. The molecular weight excluding hydrogens is 558 g/mol. The first kappa shape index (κ1) is 30.8. The highest BCUT2D eigenvalue weighted by Gasteiger charge is 2.30. The van der Waals surface area contributed by atoms with E-state index in [1.807, 2.05) is 25.3 Å². The van der Waals surface area contributed by atoms with Gasteiger partial charge in [0, 0.05) is 24.2 Å². The van der Waals surface area contributed by atoms with Crippen molar-refractivity contribution in [2.45, 2.75) is 45.2 Å². The number of nitrogens with one attached hydrogen (secondary N) is 4. The van der Waals surface area contributed by atoms with E-state index >= 15 is 0 Å². The number of nitrogens with zero attached hydrogens (tertiary/aromatic N) is 1. The van der Waals surface area contributed by atoms with Gasteiger partial charge >= 0.3 is 0 Å². The van der Waals surface area contributed by atoms with Crippen LogP contribution in [0.25, 0.3) is 11.1 Å². The number of carbonyl (C=O) groups is 2. The number of aryl methyl sites for hydroxylation is 2. The molecule has 1 heterocycles. The first-order valence-electron chi connectivity index (χ1n) is 13.6. The number of carbonyl (C=O) groups excluding carboxylic acids is 2. The lowest BCUT2D eigenvalue weighted by molar-refractivity contribution is -0.120. The lowest BCUT2D eigenvalue weighted by atomic mass is 9.95. The average molecular weight is 596 g/mol. The van der Waals surface area contributed by atoms with Gasteiger partial charge in [-0.2, -0.15) is 16.9 Å². The quantitative estimate of drug-likeness (QED) is 0.258. The van der Waals surface area contributed by atoms with Crippen LogP contribution in [0.3, 0.4) is 0 Å². The van der Waals surface area contributed by atoms with E-state index in [4.69, 9.17) is 14.2 Å². The third kappa shape index (κ3) is 6.64. The second-order valence-corrected chi connectivity index (χ2v) is 11.0. The second-order valence-electron chi connectivity index (χ2n) is 10.00. The number of anilines is 2. The Bertz CT molecular complexity index is 1520. The van der Waals surface area contributed by atoms with Crippen molar-refractivity contribution in [1.82, 2.24) is 15.5 Å². The number of fused-ring (bicyclic) bond motifs is 3. The van der Waals surface area contributed by atoms with E-state index in [0.717, 1.165) is 16.8 Å². The van der Waals surface area contributed by atoms with Gasteiger partial charge in [-0.3, -0.25) is 19.5 Å². The van der Waals surface area contributed by atoms with Gasteiger partial charge in [0.05, 0.1) is 33.1 Å². The first-order valence-corrected chi connectivity index (χ1v) is 15.0. The number of ether oxygens (including phenoxy) is 3. The molecule has 0 bridgehead atoms. The fourth-order valence-electron chi connectivity index (χ4n) is 5.21. The van der Waals surface area contributed by atoms with Crippen LogP contribution in [0.1, 0.15) is 42.6 Å². The van der Waals surface area contributed by atoms with Crippen molar-refractivity contribution in [2.24, 2.45) is 0 Å². The van der Waals surface area contributed by atoms with Gasteiger partial charge in [-0.1, -0.05) is 6.07 Å². The van der Waals surface area contributed by atoms with Crippen molar-refractivity contribution in [2.75, 3.05) is 44.0 Å². The van der Waals surface area contributed by atoms with Gasteiger partial charge < -0.3 is 30.2 Å². The summed E-state index contributed by atoms with van der Waals surface area (Å²) in [6.07, 6.45) is 3.59. The highest BCUT2D eigenvalue weighted by molar-refractivity contribution is 7.98. The molecule has 0 aliphatic heterocycles. The van der Waals surface area contributed by atoms with E-state index in [1.165, 1.54) is 20.1 Å². The molecule has 11 nitrogen and oxygen atoms in total. The molecule has 0 saturated carbocycles. The SMILES string of the molecule is COc1cc2c(c(OC)c1OC)-c1ccc(N[C@H](CCSC)C(=O)Nc3cc(C)[nH]n3)c(=O)cc1[C@@H](NC(C)=O)CC2. The third-order valence-corrected chi connectivity index (χ3v) is 7.77. The van der Waals surface area contributed by atoms with Gasteiger partial charge in [-0.15, -0.1) is 0 Å². The van der Waals surface area contributed by atoms with E-state index in [0.29, 0.717) is 59.2 Å². The highest BCUT2D eigenvalue weighted by Crippen LogP contribution is 2.50. The summed E-state index contributed by atoms with van der Waals surface area (Å²) in [5.74, 6) is 2.02. The molecule has 3 aromatic rings. The fourth-order valence-corrected chi connectivity index (χ4v) is 5.69. The van der Waals surface area contributed by atoms with Crippen molar-refractivity contribution in [1.29, 1.82) is 0 Å². The fraction of sp³-hybridized carbons (Fsp3) is 0.400. The number of methoxy groups -OCH3 is 3. The number of rotatable bonds is 11. The summed E-state index contributed by atoms with van der Waals surface area (Å²) >= 11 is 1.61. The summed E-state index contributed by atoms with van der Waals surface area (Å²) in [6.45, 7) is 3.30. The largest absolute Gasteiger partial charge is 0.493 e. The Morgan fingerprint density at radius 2 is 1.88 bits per heavy atom. The van der Waals surface area contributed by atoms with Crippen LogP contribution in [0.4, 0.5) is 11.5 Å². The molecule has 2 aromatic carbocycles. The van der Waals surface area contributed by atoms with E-state index < -0.39 is 12.1 Å². The second kappa shape index (κ2) is 13.6. The molecule has 224 valence electrons. The molecule has 0 fully saturated rings. The van der Waals surface area contributed by atoms with Crippen LogP contribution < -0.4 is 35.6 Å². The molecule has 1 aliphatic carbocycles. The Hall–Kier alpha value is -4.19. The molecule has 0 saturated heterocycles. The Morgan fingerprint density at radius 3 is 2.50 bits per heavy atom. The van der Waals surface area contributed by atoms with Crippen LogP contribution in [-0.4, -0.2) is 61.4 Å². The summed E-state index contributed by atoms with van der Waals surface area (Å²) in [4.78, 5) is 39.2. The molecule has 42 heavy (non-hydrogen) atoms. The minimum atomic E-state index is -0.693. The Kier molecular flexibility index (Phi) is 10.00. The van der Waals surface area contributed by atoms with E-state index in [9.17, 15) is 14.4 Å². The average Bonchev–Trinajstić information content (AvgIpc) is 3.23. The molecule has 1 aliphatic rings. The Balaban J connectivity index is 1.84. The van der Waals surface area contributed by atoms with Gasteiger partial charge in [0.2, 0.25) is 23.0 Å². The van der Waals surface area contributed by atoms with E-state index in [-0.39, 0.29) is 22.9 Å². The van der Waals surface area contributed by atoms with Gasteiger partial charge in [-0.05, 0) is 73.1 Å². The number of hydrogen-bond acceptors (Lipinski definition) is 9. The first-order chi connectivity index (χ1) is 20.2. The van der Waals surface area contributed by atoms with E-state index in [2.05, 4.69) is 26.1 Å². The number of hydrogen-bond donors (Lipinski definition) is 4. The molecule has 2 amide bonds. The molecule has 0 spiro atoms. The third-order valence-electron chi connectivity index (χ3n) is 7.13. The molecule has 2 atom stereocenters. The predicted molar refractivity (Wildman–Crippen MR) is 165 cm³/mol. The van der Waals surface area contributed by atoms with Crippen LogP contribution in [0, 0.1) is 6.92 Å². The van der Waals surface area contributed by atoms with Crippen molar-refractivity contribution in [3.05, 3.63) is 57.4 Å². The normalized spacial score (nSPS) is 14.5. The minimum absolute atomic E-state index is 0.210. The number of aromatic nitrogens is 2. The van der Waals surface area contributed by atoms with Crippen molar-refractivity contribution >= 4 is 35.1 Å². The summed E-state index contributed by atoms with van der Waals surface area (Å²) in [7, 11) is 4.66. The lowest BCUT2D eigenvalue weighted by Gasteiger charge is -2.19. The molecule has 0 radical (unpaired) electrons. The molecule has 4 rings (SSSR count). The number of thioether (sulfide) groups is 1.